The van der Waals surface area contributed by atoms with Gasteiger partial charge in [-0.2, -0.15) is 0 Å². The van der Waals surface area contributed by atoms with E-state index in [1.807, 2.05) is 31.2 Å². The third-order valence-electron chi connectivity index (χ3n) is 5.02. The summed E-state index contributed by atoms with van der Waals surface area (Å²) in [5.41, 5.74) is 2.81. The predicted octanol–water partition coefficient (Wildman–Crippen LogP) is 5.08. The van der Waals surface area contributed by atoms with Crippen LogP contribution in [0.5, 0.6) is 0 Å². The fourth-order valence-electron chi connectivity index (χ4n) is 3.15. The molecule has 1 amide bonds. The Labute approximate surface area is 186 Å². The van der Waals surface area contributed by atoms with Gasteiger partial charge < -0.3 is 14.6 Å². The second-order valence-corrected chi connectivity index (χ2v) is 8.43. The topological polar surface area (TPSA) is 71.3 Å². The first-order valence-electron chi connectivity index (χ1n) is 10.3. The quantitative estimate of drug-likeness (QED) is 0.466. The van der Waals surface area contributed by atoms with Crippen LogP contribution in [0.3, 0.4) is 0 Å². The fourth-order valence-corrected chi connectivity index (χ4v) is 3.84. The third-order valence-corrected chi connectivity index (χ3v) is 5.96. The molecular weight excluding hydrogens is 415 g/mol. The molecule has 0 saturated carbocycles. The van der Waals surface area contributed by atoms with Crippen molar-refractivity contribution in [1.29, 1.82) is 0 Å². The van der Waals surface area contributed by atoms with Crippen molar-refractivity contribution in [2.24, 2.45) is 0 Å². The third kappa shape index (κ3) is 5.85. The minimum atomic E-state index is -0.429. The summed E-state index contributed by atoms with van der Waals surface area (Å²) < 4.78 is 18.8. The van der Waals surface area contributed by atoms with Gasteiger partial charge in [-0.25, -0.2) is 4.39 Å². The maximum Gasteiger partial charge on any atom is 0.277 e. The second kappa shape index (κ2) is 10.4. The van der Waals surface area contributed by atoms with Gasteiger partial charge in [-0.15, -0.1) is 10.2 Å². The molecule has 1 aromatic heterocycles. The number of thioether (sulfide) groups is 1. The van der Waals surface area contributed by atoms with Crippen molar-refractivity contribution in [2.45, 2.75) is 44.2 Å². The Morgan fingerprint density at radius 2 is 1.71 bits per heavy atom. The number of aromatic nitrogens is 2. The Morgan fingerprint density at radius 1 is 1.06 bits per heavy atom. The summed E-state index contributed by atoms with van der Waals surface area (Å²) in [7, 11) is 0. The number of hydrogen-bond acceptors (Lipinski definition) is 6. The normalized spacial score (nSPS) is 12.9. The summed E-state index contributed by atoms with van der Waals surface area (Å²) in [6.07, 6.45) is 0. The van der Waals surface area contributed by atoms with Gasteiger partial charge in [-0.3, -0.25) is 4.79 Å². The van der Waals surface area contributed by atoms with Crippen LogP contribution in [0.4, 0.5) is 10.1 Å². The van der Waals surface area contributed by atoms with E-state index in [4.69, 9.17) is 4.42 Å². The molecular formula is C23H27FN4O2S. The highest BCUT2D eigenvalue weighted by molar-refractivity contribution is 8.00. The molecule has 2 aromatic carbocycles. The minimum Gasteiger partial charge on any atom is -0.411 e. The molecule has 0 aliphatic heterocycles. The van der Waals surface area contributed by atoms with Crippen LogP contribution in [-0.2, 0) is 4.79 Å². The number of anilines is 1. The molecule has 8 heteroatoms. The van der Waals surface area contributed by atoms with Crippen LogP contribution >= 0.6 is 11.8 Å². The van der Waals surface area contributed by atoms with E-state index >= 15 is 0 Å². The number of carbonyl (C=O) groups excluding carboxylic acids is 1. The van der Waals surface area contributed by atoms with Gasteiger partial charge in [0.15, 0.2) is 0 Å². The molecule has 0 saturated heterocycles. The zero-order chi connectivity index (χ0) is 22.4. The number of rotatable bonds is 9. The van der Waals surface area contributed by atoms with Crippen molar-refractivity contribution < 1.29 is 13.6 Å². The van der Waals surface area contributed by atoms with Crippen molar-refractivity contribution in [3.05, 3.63) is 59.9 Å². The number of halogens is 1. The summed E-state index contributed by atoms with van der Waals surface area (Å²) >= 11 is 1.20. The van der Waals surface area contributed by atoms with Crippen LogP contribution < -0.4 is 10.2 Å². The van der Waals surface area contributed by atoms with Gasteiger partial charge in [0, 0.05) is 24.3 Å². The van der Waals surface area contributed by atoms with Crippen molar-refractivity contribution in [3.63, 3.8) is 0 Å². The molecule has 0 bridgehead atoms. The number of carbonyl (C=O) groups is 1. The lowest BCUT2D eigenvalue weighted by molar-refractivity contribution is -0.120. The maximum atomic E-state index is 13.1. The molecule has 3 aromatic rings. The molecule has 0 unspecified atom stereocenters. The summed E-state index contributed by atoms with van der Waals surface area (Å²) in [5, 5.41) is 11.0. The highest BCUT2D eigenvalue weighted by Gasteiger charge is 2.20. The summed E-state index contributed by atoms with van der Waals surface area (Å²) in [5.74, 6) is -0.0490. The summed E-state index contributed by atoms with van der Waals surface area (Å²) in [6.45, 7) is 9.76. The van der Waals surface area contributed by atoms with E-state index in [0.717, 1.165) is 29.9 Å². The van der Waals surface area contributed by atoms with Crippen LogP contribution in [0.25, 0.3) is 11.5 Å². The minimum absolute atomic E-state index is 0.162. The molecule has 0 spiro atoms. The van der Waals surface area contributed by atoms with Crippen LogP contribution in [0.1, 0.15) is 39.3 Å². The Balaban J connectivity index is 1.59. The van der Waals surface area contributed by atoms with E-state index in [1.54, 1.807) is 19.1 Å². The molecule has 0 aliphatic carbocycles. The first-order chi connectivity index (χ1) is 14.9. The first kappa shape index (κ1) is 22.8. The molecule has 0 fully saturated rings. The van der Waals surface area contributed by atoms with Crippen LogP contribution in [0.15, 0.2) is 58.2 Å². The number of amides is 1. The average Bonchev–Trinajstić information content (AvgIpc) is 3.24. The van der Waals surface area contributed by atoms with E-state index in [1.165, 1.54) is 23.9 Å². The van der Waals surface area contributed by atoms with Gasteiger partial charge in [0.05, 0.1) is 11.3 Å². The van der Waals surface area contributed by atoms with Crippen molar-refractivity contribution in [2.75, 3.05) is 18.0 Å². The monoisotopic (exact) mass is 442 g/mol. The lowest BCUT2D eigenvalue weighted by Crippen LogP contribution is -2.33. The van der Waals surface area contributed by atoms with Crippen molar-refractivity contribution >= 4 is 23.4 Å². The Hall–Kier alpha value is -2.87. The van der Waals surface area contributed by atoms with Gasteiger partial charge in [0.2, 0.25) is 11.8 Å². The zero-order valence-electron chi connectivity index (χ0n) is 18.1. The number of hydrogen-bond donors (Lipinski definition) is 1. The fraction of sp³-hybridized carbons (Fsp3) is 0.348. The summed E-state index contributed by atoms with van der Waals surface area (Å²) in [4.78, 5) is 14.8. The second-order valence-electron chi connectivity index (χ2n) is 7.13. The van der Waals surface area contributed by atoms with E-state index in [9.17, 15) is 9.18 Å². The zero-order valence-corrected chi connectivity index (χ0v) is 18.9. The highest BCUT2D eigenvalue weighted by atomic mass is 32.2. The first-order valence-corrected chi connectivity index (χ1v) is 11.2. The Morgan fingerprint density at radius 3 is 2.32 bits per heavy atom. The standard InChI is InChI=1S/C23H27FN4O2S/c1-5-28(6-2)20-13-9-18(10-14-20)22-26-27-23(30-22)31-16(4)21(29)25-15(3)17-7-11-19(24)12-8-17/h7-16H,5-6H2,1-4H3,(H,25,29)/t15-,16+/m1/s1. The molecule has 164 valence electrons. The number of benzene rings is 2. The van der Waals surface area contributed by atoms with E-state index in [2.05, 4.69) is 34.3 Å². The van der Waals surface area contributed by atoms with Gasteiger partial charge in [-0.1, -0.05) is 23.9 Å². The molecule has 1 heterocycles. The summed E-state index contributed by atoms with van der Waals surface area (Å²) in [6, 6.07) is 13.8. The van der Waals surface area contributed by atoms with Crippen LogP contribution in [-0.4, -0.2) is 34.4 Å². The van der Waals surface area contributed by atoms with Crippen molar-refractivity contribution in [1.82, 2.24) is 15.5 Å². The van der Waals surface area contributed by atoms with E-state index < -0.39 is 5.25 Å². The Kier molecular flexibility index (Phi) is 7.68. The smallest absolute Gasteiger partial charge is 0.277 e. The average molecular weight is 443 g/mol. The van der Waals surface area contributed by atoms with Crippen molar-refractivity contribution in [3.8, 4) is 11.5 Å². The Bertz CT molecular complexity index is 988. The SMILES string of the molecule is CCN(CC)c1ccc(-c2nnc(S[C@@H](C)C(=O)N[C@H](C)c3ccc(F)cc3)o2)cc1. The van der Waals surface area contributed by atoms with Gasteiger partial charge >= 0.3 is 0 Å². The number of nitrogens with one attached hydrogen (secondary N) is 1. The van der Waals surface area contributed by atoms with Crippen LogP contribution in [0.2, 0.25) is 0 Å². The van der Waals surface area contributed by atoms with Gasteiger partial charge in [-0.05, 0) is 69.7 Å². The van der Waals surface area contributed by atoms with E-state index in [0.29, 0.717) is 11.1 Å². The van der Waals surface area contributed by atoms with Gasteiger partial charge in [0.1, 0.15) is 5.82 Å². The molecule has 0 radical (unpaired) electrons. The molecule has 0 aliphatic rings. The lowest BCUT2D eigenvalue weighted by Gasteiger charge is -2.20. The molecule has 31 heavy (non-hydrogen) atoms. The van der Waals surface area contributed by atoms with E-state index in [-0.39, 0.29) is 17.8 Å². The largest absolute Gasteiger partial charge is 0.411 e. The highest BCUT2D eigenvalue weighted by Crippen LogP contribution is 2.28. The molecule has 3 rings (SSSR count). The molecule has 6 nitrogen and oxygen atoms in total. The predicted molar refractivity (Wildman–Crippen MR) is 122 cm³/mol. The molecule has 2 atom stereocenters. The van der Waals surface area contributed by atoms with Crippen LogP contribution in [0, 0.1) is 5.82 Å². The molecule has 1 N–H and O–H groups in total. The van der Waals surface area contributed by atoms with Gasteiger partial charge in [0.25, 0.3) is 5.22 Å². The maximum absolute atomic E-state index is 13.1. The lowest BCUT2D eigenvalue weighted by atomic mass is 10.1. The number of nitrogens with zero attached hydrogens (tertiary/aromatic N) is 3.